The summed E-state index contributed by atoms with van der Waals surface area (Å²) in [5, 5.41) is 11.2. The molecule has 12 heteroatoms. The number of piperidine rings is 1. The molecule has 2 aliphatic heterocycles. The van der Waals surface area contributed by atoms with Crippen molar-refractivity contribution in [2.75, 3.05) is 26.7 Å². The van der Waals surface area contributed by atoms with E-state index in [0.717, 1.165) is 11.3 Å². The summed E-state index contributed by atoms with van der Waals surface area (Å²) >= 11 is 0. The smallest absolute Gasteiger partial charge is 0.408 e. The minimum atomic E-state index is -1.46. The number of alkyl carbamates (subject to hydrolysis) is 1. The van der Waals surface area contributed by atoms with Gasteiger partial charge < -0.3 is 25.0 Å². The van der Waals surface area contributed by atoms with Gasteiger partial charge >= 0.3 is 12.1 Å². The maximum Gasteiger partial charge on any atom is 0.408 e. The summed E-state index contributed by atoms with van der Waals surface area (Å²) in [5.74, 6) is 4.24. The van der Waals surface area contributed by atoms with Gasteiger partial charge in [0, 0.05) is 38.5 Å². The van der Waals surface area contributed by atoms with Gasteiger partial charge in [0.2, 0.25) is 11.8 Å². The van der Waals surface area contributed by atoms with Crippen molar-refractivity contribution in [3.05, 3.63) is 71.3 Å². The van der Waals surface area contributed by atoms with E-state index in [-0.39, 0.29) is 32.0 Å². The minimum Gasteiger partial charge on any atom is -0.462 e. The molecule has 4 rings (SSSR count). The molecule has 0 aliphatic carbocycles. The summed E-state index contributed by atoms with van der Waals surface area (Å²) in [4.78, 5) is 68.0. The van der Waals surface area contributed by atoms with Gasteiger partial charge in [0.1, 0.15) is 22.6 Å². The molecule has 4 amide bonds. The summed E-state index contributed by atoms with van der Waals surface area (Å²) in [7, 11) is 1.61. The first-order chi connectivity index (χ1) is 23.0. The lowest BCUT2D eigenvalue weighted by atomic mass is 9.73. The first-order valence-electron chi connectivity index (χ1n) is 16.3. The molecule has 0 radical (unpaired) electrons. The van der Waals surface area contributed by atoms with Gasteiger partial charge in [0.25, 0.3) is 5.91 Å². The number of hydrazone groups is 1. The molecule has 2 aromatic carbocycles. The van der Waals surface area contributed by atoms with E-state index in [2.05, 4.69) is 27.6 Å². The number of nitrogens with one attached hydrogen (secondary N) is 2. The van der Waals surface area contributed by atoms with Crippen molar-refractivity contribution >= 4 is 35.5 Å². The maximum absolute atomic E-state index is 14.3. The number of nitrogens with zero attached hydrogens (tertiary/aromatic N) is 3. The van der Waals surface area contributed by atoms with Crippen LogP contribution in [0.25, 0.3) is 0 Å². The second-order valence-corrected chi connectivity index (χ2v) is 13.7. The van der Waals surface area contributed by atoms with E-state index < -0.39 is 46.5 Å². The fourth-order valence-corrected chi connectivity index (χ4v) is 5.78. The van der Waals surface area contributed by atoms with Gasteiger partial charge in [-0.2, -0.15) is 5.10 Å². The number of fused-ring (bicyclic) bond motifs is 1. The quantitative estimate of drug-likeness (QED) is 0.306. The van der Waals surface area contributed by atoms with Crippen molar-refractivity contribution in [1.29, 1.82) is 0 Å². The molecular formula is C37H45N5O7. The van der Waals surface area contributed by atoms with Crippen LogP contribution >= 0.6 is 0 Å². The van der Waals surface area contributed by atoms with E-state index in [4.69, 9.17) is 9.47 Å². The molecule has 2 N–H and O–H groups in total. The highest BCUT2D eigenvalue weighted by Gasteiger charge is 2.54. The molecule has 2 aliphatic rings. The van der Waals surface area contributed by atoms with Crippen LogP contribution in [-0.2, 0) is 30.3 Å². The van der Waals surface area contributed by atoms with Gasteiger partial charge in [-0.3, -0.25) is 14.4 Å². The van der Waals surface area contributed by atoms with Gasteiger partial charge in [-0.15, -0.1) is 0 Å². The SMILES string of the molecule is CCOC(=O)c1cccc(C#CCC(NC(=O)C(C)(C)NC(=O)OC(C)(C)C)C(=O)N2CCC3=NN(C)C(=O)C3(Cc3ccccc3)C2)c1. The van der Waals surface area contributed by atoms with Crippen molar-refractivity contribution in [3.63, 3.8) is 0 Å². The Kier molecular flexibility index (Phi) is 11.2. The lowest BCUT2D eigenvalue weighted by Gasteiger charge is -2.40. The predicted molar refractivity (Wildman–Crippen MR) is 183 cm³/mol. The third kappa shape index (κ3) is 9.04. The first-order valence-corrected chi connectivity index (χ1v) is 16.3. The molecule has 0 bridgehead atoms. The Labute approximate surface area is 287 Å². The van der Waals surface area contributed by atoms with Crippen molar-refractivity contribution < 1.29 is 33.4 Å². The van der Waals surface area contributed by atoms with Crippen LogP contribution in [0.15, 0.2) is 59.7 Å². The van der Waals surface area contributed by atoms with Gasteiger partial charge in [-0.25, -0.2) is 14.6 Å². The molecule has 2 unspecified atom stereocenters. The third-order valence-electron chi connectivity index (χ3n) is 8.16. The Balaban J connectivity index is 1.61. The van der Waals surface area contributed by atoms with Crippen LogP contribution in [0, 0.1) is 17.3 Å². The van der Waals surface area contributed by atoms with E-state index in [1.807, 2.05) is 30.3 Å². The number of carbonyl (C=O) groups is 5. The highest BCUT2D eigenvalue weighted by molar-refractivity contribution is 6.13. The molecule has 0 aromatic heterocycles. The molecule has 0 saturated carbocycles. The number of rotatable bonds is 9. The van der Waals surface area contributed by atoms with Gasteiger partial charge in [0.05, 0.1) is 17.9 Å². The van der Waals surface area contributed by atoms with E-state index in [1.54, 1.807) is 63.9 Å². The summed E-state index contributed by atoms with van der Waals surface area (Å²) in [6, 6.07) is 15.1. The average Bonchev–Trinajstić information content (AvgIpc) is 3.27. The highest BCUT2D eigenvalue weighted by Crippen LogP contribution is 2.38. The molecule has 0 spiro atoms. The highest BCUT2D eigenvalue weighted by atomic mass is 16.6. The molecular weight excluding hydrogens is 626 g/mol. The minimum absolute atomic E-state index is 0.0731. The lowest BCUT2D eigenvalue weighted by molar-refractivity contribution is -0.142. The van der Waals surface area contributed by atoms with E-state index in [9.17, 15) is 24.0 Å². The van der Waals surface area contributed by atoms with Crippen LogP contribution in [0.5, 0.6) is 0 Å². The fraction of sp³-hybridized carbons (Fsp3) is 0.459. The Morgan fingerprint density at radius 3 is 2.43 bits per heavy atom. The standard InChI is InChI=1S/C37H45N5O7/c1-8-48-31(44)27-18-12-16-25(22-27)17-13-19-28(38-32(45)36(5,6)39-34(47)49-35(2,3)4)30(43)42-21-20-29-37(24-42,33(46)41(7)40-29)23-26-14-10-9-11-15-26/h9-12,14-16,18,22,28H,8,19-21,23-24H2,1-7H3,(H,38,45)(H,39,47). The van der Waals surface area contributed by atoms with Gasteiger partial charge in [-0.1, -0.05) is 48.2 Å². The summed E-state index contributed by atoms with van der Waals surface area (Å²) < 4.78 is 10.4. The molecule has 2 aromatic rings. The molecule has 2 atom stereocenters. The van der Waals surface area contributed by atoms with Crippen LogP contribution in [0.1, 0.15) is 75.9 Å². The van der Waals surface area contributed by atoms with Crippen LogP contribution in [-0.4, -0.2) is 89.3 Å². The summed E-state index contributed by atoms with van der Waals surface area (Å²) in [5.41, 5.74) is -0.771. The van der Waals surface area contributed by atoms with Crippen molar-refractivity contribution in [3.8, 4) is 11.8 Å². The maximum atomic E-state index is 14.3. The van der Waals surface area contributed by atoms with E-state index in [1.165, 1.54) is 18.9 Å². The second-order valence-electron chi connectivity index (χ2n) is 13.7. The second kappa shape index (κ2) is 14.9. The van der Waals surface area contributed by atoms with Crippen LogP contribution in [0.3, 0.4) is 0 Å². The number of ether oxygens (including phenoxy) is 2. The van der Waals surface area contributed by atoms with Gasteiger partial charge in [-0.05, 0) is 71.7 Å². The van der Waals surface area contributed by atoms with Crippen LogP contribution in [0.2, 0.25) is 0 Å². The number of carbonyl (C=O) groups excluding carboxylic acids is 5. The topological polar surface area (TPSA) is 147 Å². The zero-order chi connectivity index (χ0) is 36.0. The van der Waals surface area contributed by atoms with E-state index >= 15 is 0 Å². The number of hydrogen-bond acceptors (Lipinski definition) is 8. The number of likely N-dealkylation sites (tertiary alicyclic amines) is 1. The average molecular weight is 672 g/mol. The zero-order valence-electron chi connectivity index (χ0n) is 29.2. The largest absolute Gasteiger partial charge is 0.462 e. The number of amides is 4. The third-order valence-corrected chi connectivity index (χ3v) is 8.16. The molecule has 2 heterocycles. The molecule has 260 valence electrons. The molecule has 1 saturated heterocycles. The normalized spacial score (nSPS) is 17.9. The van der Waals surface area contributed by atoms with Gasteiger partial charge in [0.15, 0.2) is 0 Å². The number of hydrogen-bond donors (Lipinski definition) is 2. The Bertz CT molecular complexity index is 1690. The summed E-state index contributed by atoms with van der Waals surface area (Å²) in [6.07, 6.45) is -0.132. The number of esters is 1. The first kappa shape index (κ1) is 36.7. The van der Waals surface area contributed by atoms with E-state index in [0.29, 0.717) is 24.0 Å². The van der Waals surface area contributed by atoms with Crippen LogP contribution < -0.4 is 10.6 Å². The molecule has 1 fully saturated rings. The summed E-state index contributed by atoms with van der Waals surface area (Å²) in [6.45, 7) is 10.5. The van der Waals surface area contributed by atoms with Crippen molar-refractivity contribution in [2.45, 2.75) is 78.0 Å². The predicted octanol–water partition coefficient (Wildman–Crippen LogP) is 3.68. The van der Waals surface area contributed by atoms with Crippen LogP contribution in [0.4, 0.5) is 4.79 Å². The fourth-order valence-electron chi connectivity index (χ4n) is 5.78. The zero-order valence-corrected chi connectivity index (χ0v) is 29.2. The monoisotopic (exact) mass is 671 g/mol. The lowest BCUT2D eigenvalue weighted by Crippen LogP contribution is -2.62. The molecule has 12 nitrogen and oxygen atoms in total. The Hall–Kier alpha value is -5.18. The molecule has 49 heavy (non-hydrogen) atoms. The number of benzene rings is 2. The van der Waals surface area contributed by atoms with Crippen molar-refractivity contribution in [2.24, 2.45) is 10.5 Å². The Morgan fingerprint density at radius 2 is 1.76 bits per heavy atom. The van der Waals surface area contributed by atoms with Crippen molar-refractivity contribution in [1.82, 2.24) is 20.5 Å². The Morgan fingerprint density at radius 1 is 1.04 bits per heavy atom.